The molecule has 0 aliphatic rings. The maximum absolute atomic E-state index is 10.6. The van der Waals surface area contributed by atoms with Crippen molar-refractivity contribution < 1.29 is 14.7 Å². The summed E-state index contributed by atoms with van der Waals surface area (Å²) in [4.78, 5) is 20.8. The quantitative estimate of drug-likeness (QED) is 0.351. The normalized spacial score (nSPS) is 15.2. The highest BCUT2D eigenvalue weighted by Gasteiger charge is 2.28. The van der Waals surface area contributed by atoms with Gasteiger partial charge in [0.2, 0.25) is 5.91 Å². The number of carboxylic acid groups (broad SMARTS) is 1. The first-order chi connectivity index (χ1) is 4.90. The maximum atomic E-state index is 10.6. The minimum atomic E-state index is -1.74. The van der Waals surface area contributed by atoms with E-state index in [1.807, 2.05) is 5.32 Å². The Bertz CT molecular complexity index is 178. The first-order valence-corrected chi connectivity index (χ1v) is 2.93. The number of amides is 1. The summed E-state index contributed by atoms with van der Waals surface area (Å²) in [7, 11) is 0. The van der Waals surface area contributed by atoms with Gasteiger partial charge in [0.05, 0.1) is 6.54 Å². The van der Waals surface area contributed by atoms with E-state index in [-0.39, 0.29) is 6.54 Å². The second kappa shape index (κ2) is 3.31. The van der Waals surface area contributed by atoms with E-state index in [0.717, 1.165) is 0 Å². The molecule has 0 aromatic heterocycles. The molecule has 0 fully saturated rings. The van der Waals surface area contributed by atoms with Gasteiger partial charge in [-0.1, -0.05) is 0 Å². The van der Waals surface area contributed by atoms with Gasteiger partial charge in [0.15, 0.2) is 5.66 Å². The van der Waals surface area contributed by atoms with Gasteiger partial charge in [-0.15, -0.1) is 0 Å². The second-order valence-corrected chi connectivity index (χ2v) is 2.26. The number of hydrogen-bond acceptors (Lipinski definition) is 4. The van der Waals surface area contributed by atoms with Gasteiger partial charge in [0.1, 0.15) is 0 Å². The van der Waals surface area contributed by atoms with Gasteiger partial charge in [-0.3, -0.25) is 10.5 Å². The van der Waals surface area contributed by atoms with Gasteiger partial charge in [-0.25, -0.2) is 4.79 Å². The Morgan fingerprint density at radius 1 is 1.64 bits per heavy atom. The molecule has 0 bridgehead atoms. The van der Waals surface area contributed by atoms with E-state index in [4.69, 9.17) is 16.6 Å². The molecule has 0 saturated heterocycles. The fourth-order valence-corrected chi connectivity index (χ4v) is 0.394. The van der Waals surface area contributed by atoms with E-state index in [1.165, 1.54) is 6.92 Å². The Morgan fingerprint density at radius 3 is 2.36 bits per heavy atom. The summed E-state index contributed by atoms with van der Waals surface area (Å²) < 4.78 is 0. The van der Waals surface area contributed by atoms with Gasteiger partial charge in [0, 0.05) is 0 Å². The Balaban J connectivity index is 4.12. The average Bonchev–Trinajstić information content (AvgIpc) is 1.86. The fourth-order valence-electron chi connectivity index (χ4n) is 0.394. The number of hydrogen-bond donors (Lipinski definition) is 4. The molecule has 0 spiro atoms. The largest absolute Gasteiger partial charge is 0.479 e. The summed E-state index contributed by atoms with van der Waals surface area (Å²) >= 11 is 0. The number of rotatable bonds is 3. The van der Waals surface area contributed by atoms with Crippen molar-refractivity contribution in [3.63, 3.8) is 0 Å². The molecule has 0 aliphatic heterocycles. The summed E-state index contributed by atoms with van der Waals surface area (Å²) in [5.41, 5.74) is 8.33. The first-order valence-electron chi connectivity index (χ1n) is 2.93. The third-order valence-corrected chi connectivity index (χ3v) is 1.03. The third kappa shape index (κ3) is 2.96. The highest BCUT2D eigenvalue weighted by Crippen LogP contribution is 1.91. The zero-order valence-corrected chi connectivity index (χ0v) is 6.13. The minimum Gasteiger partial charge on any atom is -0.479 e. The number of aliphatic carboxylic acids is 1. The highest BCUT2D eigenvalue weighted by molar-refractivity contribution is 5.86. The summed E-state index contributed by atoms with van der Waals surface area (Å²) in [6.07, 6.45) is 0. The molecule has 6 nitrogen and oxygen atoms in total. The second-order valence-electron chi connectivity index (χ2n) is 2.26. The molecule has 0 radical (unpaired) electrons. The highest BCUT2D eigenvalue weighted by atomic mass is 16.4. The molecular weight excluding hydrogens is 150 g/mol. The lowest BCUT2D eigenvalue weighted by molar-refractivity contribution is -0.146. The fraction of sp³-hybridized carbons (Fsp3) is 0.600. The standard InChI is InChI=1S/C5H11N3O3/c1-5(7,4(10)11)8-3(9)2-6/h2,6-7H2,1H3,(H,8,9)(H,10,11). The molecule has 11 heavy (non-hydrogen) atoms. The molecule has 0 rings (SSSR count). The van der Waals surface area contributed by atoms with Crippen LogP contribution in [0.5, 0.6) is 0 Å². The summed E-state index contributed by atoms with van der Waals surface area (Å²) in [6, 6.07) is 0. The van der Waals surface area contributed by atoms with Gasteiger partial charge in [-0.05, 0) is 6.92 Å². The molecule has 1 unspecified atom stereocenters. The van der Waals surface area contributed by atoms with Crippen LogP contribution in [0, 0.1) is 0 Å². The van der Waals surface area contributed by atoms with Crippen LogP contribution >= 0.6 is 0 Å². The van der Waals surface area contributed by atoms with Gasteiger partial charge >= 0.3 is 5.97 Å². The lowest BCUT2D eigenvalue weighted by Crippen LogP contribution is -2.60. The molecule has 1 atom stereocenters. The molecule has 1 amide bonds. The summed E-state index contributed by atoms with van der Waals surface area (Å²) in [6.45, 7) is 0.892. The van der Waals surface area contributed by atoms with Crippen molar-refractivity contribution >= 4 is 11.9 Å². The van der Waals surface area contributed by atoms with Crippen LogP contribution in [0.4, 0.5) is 0 Å². The van der Waals surface area contributed by atoms with Crippen LogP contribution in [-0.4, -0.2) is 29.2 Å². The topological polar surface area (TPSA) is 118 Å². The van der Waals surface area contributed by atoms with Crippen molar-refractivity contribution in [3.05, 3.63) is 0 Å². The zero-order chi connectivity index (χ0) is 9.07. The molecule has 0 saturated carbocycles. The van der Waals surface area contributed by atoms with E-state index in [9.17, 15) is 9.59 Å². The Labute approximate surface area is 63.5 Å². The van der Waals surface area contributed by atoms with Gasteiger partial charge in [-0.2, -0.15) is 0 Å². The van der Waals surface area contributed by atoms with Crippen molar-refractivity contribution in [1.82, 2.24) is 5.32 Å². The van der Waals surface area contributed by atoms with Crippen LogP contribution in [0.2, 0.25) is 0 Å². The summed E-state index contributed by atoms with van der Waals surface area (Å²) in [5, 5.41) is 10.4. The number of carbonyl (C=O) groups is 2. The van der Waals surface area contributed by atoms with Crippen LogP contribution in [-0.2, 0) is 9.59 Å². The first kappa shape index (κ1) is 9.86. The van der Waals surface area contributed by atoms with Crippen molar-refractivity contribution in [2.45, 2.75) is 12.6 Å². The predicted molar refractivity (Wildman–Crippen MR) is 37.4 cm³/mol. The SMILES string of the molecule is CC(N)(NC(=O)CN)C(=O)O. The number of nitrogens with one attached hydrogen (secondary N) is 1. The molecule has 0 aliphatic carbocycles. The van der Waals surface area contributed by atoms with Crippen molar-refractivity contribution in [2.24, 2.45) is 11.5 Å². The summed E-state index contributed by atoms with van der Waals surface area (Å²) in [5.74, 6) is -1.91. The molecule has 6 N–H and O–H groups in total. The number of carbonyl (C=O) groups excluding carboxylic acids is 1. The lowest BCUT2D eigenvalue weighted by Gasteiger charge is -2.19. The number of carboxylic acids is 1. The smallest absolute Gasteiger partial charge is 0.344 e. The lowest BCUT2D eigenvalue weighted by atomic mass is 10.2. The van der Waals surface area contributed by atoms with E-state index in [1.54, 1.807) is 0 Å². The molecule has 64 valence electrons. The Kier molecular flexibility index (Phi) is 2.97. The van der Waals surface area contributed by atoms with Crippen LogP contribution in [0.3, 0.4) is 0 Å². The van der Waals surface area contributed by atoms with Gasteiger partial charge < -0.3 is 16.2 Å². The van der Waals surface area contributed by atoms with Crippen LogP contribution in [0.25, 0.3) is 0 Å². The van der Waals surface area contributed by atoms with E-state index in [2.05, 4.69) is 0 Å². The van der Waals surface area contributed by atoms with Crippen LogP contribution < -0.4 is 16.8 Å². The molecule has 0 aromatic carbocycles. The van der Waals surface area contributed by atoms with Crippen molar-refractivity contribution in [3.8, 4) is 0 Å². The predicted octanol–water partition coefficient (Wildman–Crippen LogP) is -2.18. The molecule has 6 heteroatoms. The average molecular weight is 161 g/mol. The van der Waals surface area contributed by atoms with Crippen molar-refractivity contribution in [1.29, 1.82) is 0 Å². The number of nitrogens with two attached hydrogens (primary N) is 2. The van der Waals surface area contributed by atoms with Gasteiger partial charge in [0.25, 0.3) is 0 Å². The minimum absolute atomic E-state index is 0.278. The van der Waals surface area contributed by atoms with E-state index in [0.29, 0.717) is 0 Å². The molecule has 0 aromatic rings. The van der Waals surface area contributed by atoms with E-state index < -0.39 is 17.5 Å². The monoisotopic (exact) mass is 161 g/mol. The molecular formula is C5H11N3O3. The van der Waals surface area contributed by atoms with Crippen LogP contribution in [0.1, 0.15) is 6.92 Å². The van der Waals surface area contributed by atoms with Crippen LogP contribution in [0.15, 0.2) is 0 Å². The van der Waals surface area contributed by atoms with Crippen molar-refractivity contribution in [2.75, 3.05) is 6.54 Å². The molecule has 0 heterocycles. The zero-order valence-electron chi connectivity index (χ0n) is 6.13. The maximum Gasteiger partial charge on any atom is 0.344 e. The van der Waals surface area contributed by atoms with E-state index >= 15 is 0 Å². The Hall–Kier alpha value is -1.14. The Morgan fingerprint density at radius 2 is 2.09 bits per heavy atom. The third-order valence-electron chi connectivity index (χ3n) is 1.03.